The molecule has 22 heavy (non-hydrogen) atoms. The van der Waals surface area contributed by atoms with Crippen molar-refractivity contribution in [1.82, 2.24) is 5.32 Å². The van der Waals surface area contributed by atoms with Crippen LogP contribution < -0.4 is 10.6 Å². The van der Waals surface area contributed by atoms with E-state index < -0.39 is 0 Å². The smallest absolute Gasteiger partial charge is 0.255 e. The first-order chi connectivity index (χ1) is 10.6. The molecule has 0 aromatic heterocycles. The molecule has 0 radical (unpaired) electrons. The standard InChI is InChI=1S/C17H17BrN2O2/c1-2-10-19-17(22)14-8-3-4-9-15(14)20-16(21)12-6-5-7-13(18)11-12/h3-9,11H,2,10H2,1H3,(H,19,22)(H,20,21). The number of benzene rings is 2. The van der Waals surface area contributed by atoms with Crippen molar-refractivity contribution >= 4 is 33.4 Å². The molecule has 0 saturated carbocycles. The summed E-state index contributed by atoms with van der Waals surface area (Å²) in [5.74, 6) is -0.441. The van der Waals surface area contributed by atoms with Gasteiger partial charge in [-0.2, -0.15) is 0 Å². The fourth-order valence-corrected chi connectivity index (χ4v) is 2.35. The predicted molar refractivity (Wildman–Crippen MR) is 91.2 cm³/mol. The predicted octanol–water partition coefficient (Wildman–Crippen LogP) is 3.84. The second-order valence-electron chi connectivity index (χ2n) is 4.77. The van der Waals surface area contributed by atoms with E-state index in [2.05, 4.69) is 26.6 Å². The van der Waals surface area contributed by atoms with Crippen LogP contribution in [0.3, 0.4) is 0 Å². The largest absolute Gasteiger partial charge is 0.352 e. The first-order valence-electron chi connectivity index (χ1n) is 7.06. The minimum absolute atomic E-state index is 0.188. The van der Waals surface area contributed by atoms with Gasteiger partial charge in [0.15, 0.2) is 0 Å². The Morgan fingerprint density at radius 3 is 2.55 bits per heavy atom. The quantitative estimate of drug-likeness (QED) is 0.850. The summed E-state index contributed by atoms with van der Waals surface area (Å²) in [7, 11) is 0. The second kappa shape index (κ2) is 7.75. The zero-order valence-electron chi connectivity index (χ0n) is 12.2. The fraction of sp³-hybridized carbons (Fsp3) is 0.176. The fourth-order valence-electron chi connectivity index (χ4n) is 1.95. The molecule has 0 aliphatic heterocycles. The third-order valence-corrected chi connectivity index (χ3v) is 3.54. The highest BCUT2D eigenvalue weighted by atomic mass is 79.9. The van der Waals surface area contributed by atoms with Crippen LogP contribution in [0.1, 0.15) is 34.1 Å². The van der Waals surface area contributed by atoms with Gasteiger partial charge in [-0.05, 0) is 36.8 Å². The highest BCUT2D eigenvalue weighted by Gasteiger charge is 2.13. The van der Waals surface area contributed by atoms with Crippen LogP contribution in [0.15, 0.2) is 53.0 Å². The summed E-state index contributed by atoms with van der Waals surface area (Å²) < 4.78 is 0.828. The Labute approximate surface area is 138 Å². The molecule has 0 atom stereocenters. The van der Waals surface area contributed by atoms with Gasteiger partial charge in [-0.25, -0.2) is 0 Å². The molecule has 0 saturated heterocycles. The van der Waals surface area contributed by atoms with Crippen LogP contribution in [0.25, 0.3) is 0 Å². The monoisotopic (exact) mass is 360 g/mol. The van der Waals surface area contributed by atoms with Crippen LogP contribution in [-0.2, 0) is 0 Å². The summed E-state index contributed by atoms with van der Waals surface area (Å²) in [5, 5.41) is 5.60. The Morgan fingerprint density at radius 1 is 1.05 bits per heavy atom. The number of hydrogen-bond donors (Lipinski definition) is 2. The van der Waals surface area contributed by atoms with E-state index in [0.29, 0.717) is 23.4 Å². The van der Waals surface area contributed by atoms with Gasteiger partial charge in [0, 0.05) is 16.6 Å². The molecule has 5 heteroatoms. The van der Waals surface area contributed by atoms with Crippen LogP contribution in [0.4, 0.5) is 5.69 Å². The number of nitrogens with one attached hydrogen (secondary N) is 2. The lowest BCUT2D eigenvalue weighted by Crippen LogP contribution is -2.25. The van der Waals surface area contributed by atoms with E-state index in [1.807, 2.05) is 13.0 Å². The summed E-state index contributed by atoms with van der Waals surface area (Å²) in [6, 6.07) is 14.1. The number of halogens is 1. The van der Waals surface area contributed by atoms with Crippen molar-refractivity contribution < 1.29 is 9.59 Å². The lowest BCUT2D eigenvalue weighted by Gasteiger charge is -2.11. The van der Waals surface area contributed by atoms with Gasteiger partial charge in [-0.3, -0.25) is 9.59 Å². The highest BCUT2D eigenvalue weighted by molar-refractivity contribution is 9.10. The Balaban J connectivity index is 2.19. The zero-order chi connectivity index (χ0) is 15.9. The van der Waals surface area contributed by atoms with Crippen molar-refractivity contribution in [1.29, 1.82) is 0 Å². The second-order valence-corrected chi connectivity index (χ2v) is 5.68. The molecule has 0 bridgehead atoms. The van der Waals surface area contributed by atoms with Crippen LogP contribution in [-0.4, -0.2) is 18.4 Å². The molecule has 0 aliphatic rings. The third kappa shape index (κ3) is 4.18. The van der Waals surface area contributed by atoms with Crippen molar-refractivity contribution in [2.24, 2.45) is 0 Å². The summed E-state index contributed by atoms with van der Waals surface area (Å²) in [6.45, 7) is 2.59. The maximum absolute atomic E-state index is 12.3. The van der Waals surface area contributed by atoms with Gasteiger partial charge in [0.05, 0.1) is 11.3 Å². The van der Waals surface area contributed by atoms with Crippen molar-refractivity contribution in [3.63, 3.8) is 0 Å². The molecule has 114 valence electrons. The van der Waals surface area contributed by atoms with Crippen molar-refractivity contribution in [3.8, 4) is 0 Å². The summed E-state index contributed by atoms with van der Waals surface area (Å²) in [5.41, 5.74) is 1.48. The van der Waals surface area contributed by atoms with E-state index in [-0.39, 0.29) is 11.8 Å². The molecule has 2 rings (SSSR count). The van der Waals surface area contributed by atoms with Gasteiger partial charge in [0.2, 0.25) is 0 Å². The van der Waals surface area contributed by atoms with Gasteiger partial charge in [0.25, 0.3) is 11.8 Å². The number of carbonyl (C=O) groups excluding carboxylic acids is 2. The number of amides is 2. The molecule has 2 amide bonds. The molecule has 0 fully saturated rings. The van der Waals surface area contributed by atoms with Crippen molar-refractivity contribution in [2.45, 2.75) is 13.3 Å². The average molecular weight is 361 g/mol. The van der Waals surface area contributed by atoms with Gasteiger partial charge in [-0.15, -0.1) is 0 Å². The number of rotatable bonds is 5. The van der Waals surface area contributed by atoms with Gasteiger partial charge in [-0.1, -0.05) is 41.1 Å². The van der Waals surface area contributed by atoms with Crippen molar-refractivity contribution in [3.05, 3.63) is 64.1 Å². The van der Waals surface area contributed by atoms with Gasteiger partial charge in [0.1, 0.15) is 0 Å². The van der Waals surface area contributed by atoms with Crippen LogP contribution in [0.2, 0.25) is 0 Å². The first kappa shape index (κ1) is 16.2. The number of para-hydroxylation sites is 1. The molecule has 0 spiro atoms. The zero-order valence-corrected chi connectivity index (χ0v) is 13.8. The van der Waals surface area contributed by atoms with Gasteiger partial charge < -0.3 is 10.6 Å². The SMILES string of the molecule is CCCNC(=O)c1ccccc1NC(=O)c1cccc(Br)c1. The van der Waals surface area contributed by atoms with E-state index in [0.717, 1.165) is 10.9 Å². The van der Waals surface area contributed by atoms with E-state index >= 15 is 0 Å². The van der Waals surface area contributed by atoms with E-state index in [1.165, 1.54) is 0 Å². The molecule has 2 aromatic rings. The number of carbonyl (C=O) groups is 2. The maximum Gasteiger partial charge on any atom is 0.255 e. The number of hydrogen-bond acceptors (Lipinski definition) is 2. The maximum atomic E-state index is 12.3. The topological polar surface area (TPSA) is 58.2 Å². The molecule has 4 nitrogen and oxygen atoms in total. The normalized spacial score (nSPS) is 10.1. The van der Waals surface area contributed by atoms with Crippen LogP contribution in [0, 0.1) is 0 Å². The summed E-state index contributed by atoms with van der Waals surface area (Å²) in [6.07, 6.45) is 0.859. The minimum Gasteiger partial charge on any atom is -0.352 e. The Hall–Kier alpha value is -2.14. The summed E-state index contributed by atoms with van der Waals surface area (Å²) >= 11 is 3.34. The first-order valence-corrected chi connectivity index (χ1v) is 7.85. The molecule has 2 N–H and O–H groups in total. The van der Waals surface area contributed by atoms with E-state index in [9.17, 15) is 9.59 Å². The minimum atomic E-state index is -0.253. The summed E-state index contributed by atoms with van der Waals surface area (Å²) in [4.78, 5) is 24.4. The Morgan fingerprint density at radius 2 is 1.82 bits per heavy atom. The molecule has 2 aromatic carbocycles. The Kier molecular flexibility index (Phi) is 5.72. The molecule has 0 aliphatic carbocycles. The van der Waals surface area contributed by atoms with Crippen LogP contribution in [0.5, 0.6) is 0 Å². The third-order valence-electron chi connectivity index (χ3n) is 3.04. The Bertz CT molecular complexity index is 686. The molecule has 0 unspecified atom stereocenters. The van der Waals surface area contributed by atoms with Crippen molar-refractivity contribution in [2.75, 3.05) is 11.9 Å². The molecular formula is C17H17BrN2O2. The van der Waals surface area contributed by atoms with E-state index in [1.54, 1.807) is 42.5 Å². The molecular weight excluding hydrogens is 344 g/mol. The number of anilines is 1. The highest BCUT2D eigenvalue weighted by Crippen LogP contribution is 2.18. The lowest BCUT2D eigenvalue weighted by atomic mass is 10.1. The van der Waals surface area contributed by atoms with E-state index in [4.69, 9.17) is 0 Å². The lowest BCUT2D eigenvalue weighted by molar-refractivity contribution is 0.0954. The van der Waals surface area contributed by atoms with Crippen LogP contribution >= 0.6 is 15.9 Å². The molecule has 0 heterocycles. The van der Waals surface area contributed by atoms with Gasteiger partial charge >= 0.3 is 0 Å². The average Bonchev–Trinajstić information content (AvgIpc) is 2.53.